The van der Waals surface area contributed by atoms with Crippen molar-refractivity contribution in [1.82, 2.24) is 0 Å². The van der Waals surface area contributed by atoms with E-state index in [4.69, 9.17) is 28.4 Å². The van der Waals surface area contributed by atoms with Crippen molar-refractivity contribution in [3.8, 4) is 34.5 Å². The van der Waals surface area contributed by atoms with Crippen molar-refractivity contribution in [1.29, 1.82) is 0 Å². The van der Waals surface area contributed by atoms with Crippen LogP contribution in [0.4, 0.5) is 0 Å². The molecule has 0 amide bonds. The second kappa shape index (κ2) is 8.56. The van der Waals surface area contributed by atoms with E-state index in [1.165, 1.54) is 0 Å². The van der Waals surface area contributed by atoms with Crippen molar-refractivity contribution >= 4 is 0 Å². The zero-order chi connectivity index (χ0) is 19.3. The molecule has 2 aromatic rings. The Labute approximate surface area is 154 Å². The lowest BCUT2D eigenvalue weighted by Crippen LogP contribution is -2.04. The molecule has 2 rings (SSSR count). The van der Waals surface area contributed by atoms with Crippen molar-refractivity contribution in [2.75, 3.05) is 42.7 Å². The second-order valence-corrected chi connectivity index (χ2v) is 5.63. The number of hydrogen-bond donors (Lipinski definition) is 0. The van der Waals surface area contributed by atoms with Gasteiger partial charge in [-0.25, -0.2) is 0 Å². The van der Waals surface area contributed by atoms with Crippen LogP contribution in [0.1, 0.15) is 24.0 Å². The van der Waals surface area contributed by atoms with Gasteiger partial charge in [-0.1, -0.05) is 6.92 Å². The first kappa shape index (κ1) is 19.6. The summed E-state index contributed by atoms with van der Waals surface area (Å²) in [5.74, 6) is 3.72. The lowest BCUT2D eigenvalue weighted by molar-refractivity contribution is 0.323. The molecular formula is C20H26O6. The van der Waals surface area contributed by atoms with E-state index in [9.17, 15) is 0 Å². The summed E-state index contributed by atoms with van der Waals surface area (Å²) in [4.78, 5) is 0. The van der Waals surface area contributed by atoms with E-state index in [2.05, 4.69) is 6.92 Å². The Morgan fingerprint density at radius 2 is 1.00 bits per heavy atom. The monoisotopic (exact) mass is 362 g/mol. The molecule has 0 aliphatic carbocycles. The average molecular weight is 362 g/mol. The van der Waals surface area contributed by atoms with E-state index >= 15 is 0 Å². The van der Waals surface area contributed by atoms with Gasteiger partial charge in [-0.15, -0.1) is 0 Å². The van der Waals surface area contributed by atoms with Crippen molar-refractivity contribution in [3.63, 3.8) is 0 Å². The molecule has 0 aromatic heterocycles. The number of ether oxygens (including phenoxy) is 6. The number of rotatable bonds is 8. The molecule has 0 N–H and O–H groups in total. The molecule has 0 heterocycles. The predicted octanol–water partition coefficient (Wildman–Crippen LogP) is 3.89. The summed E-state index contributed by atoms with van der Waals surface area (Å²) in [6.07, 6.45) is 0. The fourth-order valence-corrected chi connectivity index (χ4v) is 2.92. The summed E-state index contributed by atoms with van der Waals surface area (Å²) < 4.78 is 32.7. The minimum atomic E-state index is -0.0153. The summed E-state index contributed by atoms with van der Waals surface area (Å²) in [7, 11) is 9.62. The maximum Gasteiger partial charge on any atom is 0.203 e. The Kier molecular flexibility index (Phi) is 6.44. The molecule has 0 radical (unpaired) electrons. The van der Waals surface area contributed by atoms with Gasteiger partial charge in [-0.2, -0.15) is 0 Å². The van der Waals surface area contributed by atoms with Crippen LogP contribution in [-0.2, 0) is 0 Å². The summed E-state index contributed by atoms with van der Waals surface area (Å²) in [6.45, 7) is 2.07. The highest BCUT2D eigenvalue weighted by atomic mass is 16.5. The molecule has 0 bridgehead atoms. The molecule has 0 aliphatic heterocycles. The Hall–Kier alpha value is -2.76. The van der Waals surface area contributed by atoms with E-state index in [1.807, 2.05) is 24.3 Å². The molecule has 2 aromatic carbocycles. The topological polar surface area (TPSA) is 55.4 Å². The van der Waals surface area contributed by atoms with Crippen LogP contribution in [0.5, 0.6) is 34.5 Å². The van der Waals surface area contributed by atoms with Gasteiger partial charge in [-0.3, -0.25) is 0 Å². The quantitative estimate of drug-likeness (QED) is 0.710. The van der Waals surface area contributed by atoms with Crippen LogP contribution < -0.4 is 28.4 Å². The molecule has 0 aliphatic rings. The molecule has 6 heteroatoms. The van der Waals surface area contributed by atoms with Gasteiger partial charge in [-0.05, 0) is 23.8 Å². The Bertz CT molecular complexity index is 731. The van der Waals surface area contributed by atoms with Crippen LogP contribution >= 0.6 is 0 Å². The zero-order valence-electron chi connectivity index (χ0n) is 16.3. The first-order valence-electron chi connectivity index (χ1n) is 8.14. The first-order valence-corrected chi connectivity index (χ1v) is 8.14. The van der Waals surface area contributed by atoms with Gasteiger partial charge in [0.1, 0.15) is 5.75 Å². The largest absolute Gasteiger partial charge is 0.496 e. The third-order valence-corrected chi connectivity index (χ3v) is 4.39. The molecule has 1 atom stereocenters. The van der Waals surface area contributed by atoms with Crippen LogP contribution in [0.15, 0.2) is 24.3 Å². The molecule has 6 nitrogen and oxygen atoms in total. The SMILES string of the molecule is COc1cc(OC)c(C(C)c2cc(OC)c(OC)c(OC)c2)cc1OC. The van der Waals surface area contributed by atoms with E-state index in [-0.39, 0.29) is 5.92 Å². The number of methoxy groups -OCH3 is 6. The molecule has 0 saturated carbocycles. The number of benzene rings is 2. The highest BCUT2D eigenvalue weighted by Gasteiger charge is 2.21. The standard InChI is InChI=1S/C20H26O6/c1-12(13-8-18(24-5)20(26-7)19(9-13)25-6)14-10-16(22-3)17(23-4)11-15(14)21-2/h8-12H,1-7H3. The van der Waals surface area contributed by atoms with E-state index in [1.54, 1.807) is 42.7 Å². The van der Waals surface area contributed by atoms with E-state index < -0.39 is 0 Å². The Morgan fingerprint density at radius 1 is 0.538 bits per heavy atom. The molecule has 1 unspecified atom stereocenters. The number of hydrogen-bond acceptors (Lipinski definition) is 6. The predicted molar refractivity (Wildman–Crippen MR) is 99.7 cm³/mol. The van der Waals surface area contributed by atoms with Crippen LogP contribution in [0.3, 0.4) is 0 Å². The Balaban J connectivity index is 2.60. The maximum atomic E-state index is 5.57. The lowest BCUT2D eigenvalue weighted by atomic mass is 9.91. The summed E-state index contributed by atoms with van der Waals surface area (Å²) >= 11 is 0. The average Bonchev–Trinajstić information content (AvgIpc) is 2.70. The lowest BCUT2D eigenvalue weighted by Gasteiger charge is -2.21. The normalized spacial score (nSPS) is 11.5. The van der Waals surface area contributed by atoms with Gasteiger partial charge < -0.3 is 28.4 Å². The van der Waals surface area contributed by atoms with Crippen molar-refractivity contribution in [2.24, 2.45) is 0 Å². The molecule has 0 fully saturated rings. The van der Waals surface area contributed by atoms with Gasteiger partial charge in [0, 0.05) is 17.5 Å². The smallest absolute Gasteiger partial charge is 0.203 e. The summed E-state index contributed by atoms with van der Waals surface area (Å²) in [5, 5.41) is 0. The Morgan fingerprint density at radius 3 is 1.42 bits per heavy atom. The fourth-order valence-electron chi connectivity index (χ4n) is 2.92. The van der Waals surface area contributed by atoms with Crippen molar-refractivity contribution in [2.45, 2.75) is 12.8 Å². The summed E-state index contributed by atoms with van der Waals surface area (Å²) in [5.41, 5.74) is 1.95. The first-order chi connectivity index (χ1) is 12.5. The molecule has 142 valence electrons. The zero-order valence-corrected chi connectivity index (χ0v) is 16.3. The highest BCUT2D eigenvalue weighted by molar-refractivity contribution is 5.58. The van der Waals surface area contributed by atoms with E-state index in [0.717, 1.165) is 11.1 Å². The van der Waals surface area contributed by atoms with Gasteiger partial charge in [0.15, 0.2) is 23.0 Å². The highest BCUT2D eigenvalue weighted by Crippen LogP contribution is 2.44. The molecular weight excluding hydrogens is 336 g/mol. The third kappa shape index (κ3) is 3.59. The van der Waals surface area contributed by atoms with E-state index in [0.29, 0.717) is 34.5 Å². The minimum Gasteiger partial charge on any atom is -0.496 e. The van der Waals surface area contributed by atoms with Crippen LogP contribution in [0.2, 0.25) is 0 Å². The van der Waals surface area contributed by atoms with Crippen LogP contribution in [0.25, 0.3) is 0 Å². The summed E-state index contributed by atoms with van der Waals surface area (Å²) in [6, 6.07) is 7.61. The molecule has 0 spiro atoms. The van der Waals surface area contributed by atoms with Crippen LogP contribution in [0, 0.1) is 0 Å². The molecule has 0 saturated heterocycles. The third-order valence-electron chi connectivity index (χ3n) is 4.39. The van der Waals surface area contributed by atoms with Gasteiger partial charge in [0.25, 0.3) is 0 Å². The van der Waals surface area contributed by atoms with Crippen LogP contribution in [-0.4, -0.2) is 42.7 Å². The van der Waals surface area contributed by atoms with Gasteiger partial charge >= 0.3 is 0 Å². The van der Waals surface area contributed by atoms with Gasteiger partial charge in [0.05, 0.1) is 42.7 Å². The molecule has 26 heavy (non-hydrogen) atoms. The van der Waals surface area contributed by atoms with Crippen molar-refractivity contribution in [3.05, 3.63) is 35.4 Å². The van der Waals surface area contributed by atoms with Gasteiger partial charge in [0.2, 0.25) is 5.75 Å². The fraction of sp³-hybridized carbons (Fsp3) is 0.400. The minimum absolute atomic E-state index is 0.0153. The van der Waals surface area contributed by atoms with Crippen molar-refractivity contribution < 1.29 is 28.4 Å². The second-order valence-electron chi connectivity index (χ2n) is 5.63. The maximum absolute atomic E-state index is 5.57.